The molecule has 0 fully saturated rings. The number of hydrogen-bond acceptors (Lipinski definition) is 2. The molecular formula is C12H14NO2. The fraction of sp³-hybridized carbons (Fsp3) is 0.333. The molecule has 3 nitrogen and oxygen atoms in total. The third-order valence-corrected chi connectivity index (χ3v) is 2.57. The van der Waals surface area contributed by atoms with E-state index in [1.165, 1.54) is 0 Å². The number of rotatable bonds is 2. The largest absolute Gasteiger partial charge is 0.395 e. The average molecular weight is 204 g/mol. The minimum atomic E-state index is 0.0000737. The first kappa shape index (κ1) is 10.2. The zero-order valence-electron chi connectivity index (χ0n) is 8.52. The van der Waals surface area contributed by atoms with Crippen molar-refractivity contribution in [3.05, 3.63) is 36.2 Å². The van der Waals surface area contributed by atoms with Gasteiger partial charge in [-0.1, -0.05) is 18.2 Å². The monoisotopic (exact) mass is 204 g/mol. The summed E-state index contributed by atoms with van der Waals surface area (Å²) in [4.78, 5) is 13.4. The Morgan fingerprint density at radius 1 is 1.33 bits per heavy atom. The number of anilines is 1. The van der Waals surface area contributed by atoms with Crippen LogP contribution in [0.15, 0.2) is 24.3 Å². The van der Waals surface area contributed by atoms with E-state index in [0.29, 0.717) is 13.0 Å². The fourth-order valence-corrected chi connectivity index (χ4v) is 1.87. The van der Waals surface area contributed by atoms with E-state index in [1.807, 2.05) is 24.3 Å². The molecule has 0 atom stereocenters. The molecule has 0 aromatic heterocycles. The zero-order chi connectivity index (χ0) is 10.7. The minimum Gasteiger partial charge on any atom is -0.395 e. The van der Waals surface area contributed by atoms with Crippen molar-refractivity contribution in [3.63, 3.8) is 0 Å². The molecule has 0 aliphatic carbocycles. The molecule has 0 saturated heterocycles. The molecule has 0 unspecified atom stereocenters. The second kappa shape index (κ2) is 4.45. The molecule has 1 aromatic carbocycles. The van der Waals surface area contributed by atoms with Crippen molar-refractivity contribution in [2.24, 2.45) is 0 Å². The lowest BCUT2D eigenvalue weighted by Crippen LogP contribution is -2.32. The molecule has 1 radical (unpaired) electrons. The highest BCUT2D eigenvalue weighted by Crippen LogP contribution is 2.27. The Kier molecular flexibility index (Phi) is 3.02. The number of nitrogens with zero attached hydrogens (tertiary/aromatic N) is 1. The van der Waals surface area contributed by atoms with Gasteiger partial charge in [0.1, 0.15) is 0 Å². The lowest BCUT2D eigenvalue weighted by atomic mass is 10.1. The zero-order valence-corrected chi connectivity index (χ0v) is 8.52. The standard InChI is InChI=1S/C12H14NO2/c14-9-8-13-11-6-2-1-4-10(11)5-3-7-12(13)15/h1-2,4-6,14H,3,7-9H2. The summed E-state index contributed by atoms with van der Waals surface area (Å²) in [5.74, 6) is 0.0882. The third-order valence-electron chi connectivity index (χ3n) is 2.57. The minimum absolute atomic E-state index is 0.0000737. The van der Waals surface area contributed by atoms with Gasteiger partial charge in [0.25, 0.3) is 0 Å². The Morgan fingerprint density at radius 3 is 2.93 bits per heavy atom. The molecule has 1 aliphatic heterocycles. The quantitative estimate of drug-likeness (QED) is 0.790. The second-order valence-corrected chi connectivity index (χ2v) is 3.57. The van der Waals surface area contributed by atoms with Crippen LogP contribution in [-0.4, -0.2) is 24.2 Å². The van der Waals surface area contributed by atoms with E-state index in [0.717, 1.165) is 17.7 Å². The van der Waals surface area contributed by atoms with Crippen molar-refractivity contribution in [2.75, 3.05) is 18.1 Å². The van der Waals surface area contributed by atoms with E-state index in [2.05, 4.69) is 6.42 Å². The topological polar surface area (TPSA) is 40.5 Å². The van der Waals surface area contributed by atoms with E-state index in [1.54, 1.807) is 4.90 Å². The van der Waals surface area contributed by atoms with Crippen molar-refractivity contribution in [3.8, 4) is 0 Å². The van der Waals surface area contributed by atoms with E-state index < -0.39 is 0 Å². The molecule has 0 spiro atoms. The number of para-hydroxylation sites is 1. The number of β-amino-alcohol motifs (C(OH)–C–C–N with tert-alkyl or cyclic N) is 1. The van der Waals surface area contributed by atoms with Gasteiger partial charge in [0.2, 0.25) is 5.91 Å². The van der Waals surface area contributed by atoms with Gasteiger partial charge >= 0.3 is 0 Å². The number of carbonyl (C=O) groups is 1. The average Bonchev–Trinajstić information content (AvgIpc) is 2.40. The van der Waals surface area contributed by atoms with Crippen molar-refractivity contribution >= 4 is 11.6 Å². The van der Waals surface area contributed by atoms with Gasteiger partial charge in [-0.15, -0.1) is 0 Å². The summed E-state index contributed by atoms with van der Waals surface area (Å²) in [6, 6.07) is 7.79. The van der Waals surface area contributed by atoms with E-state index in [-0.39, 0.29) is 12.5 Å². The molecule has 0 saturated carbocycles. The van der Waals surface area contributed by atoms with Crippen molar-refractivity contribution < 1.29 is 9.90 Å². The number of benzene rings is 1. The lowest BCUT2D eigenvalue weighted by Gasteiger charge is -2.21. The first-order valence-electron chi connectivity index (χ1n) is 5.16. The van der Waals surface area contributed by atoms with Crippen molar-refractivity contribution in [1.82, 2.24) is 0 Å². The van der Waals surface area contributed by atoms with Gasteiger partial charge < -0.3 is 10.0 Å². The van der Waals surface area contributed by atoms with Gasteiger partial charge in [0, 0.05) is 18.7 Å². The summed E-state index contributed by atoms with van der Waals surface area (Å²) in [5.41, 5.74) is 1.99. The molecule has 0 bridgehead atoms. The van der Waals surface area contributed by atoms with Crippen LogP contribution in [0.4, 0.5) is 5.69 Å². The lowest BCUT2D eigenvalue weighted by molar-refractivity contribution is -0.118. The van der Waals surface area contributed by atoms with Crippen molar-refractivity contribution in [2.45, 2.75) is 12.8 Å². The predicted molar refractivity (Wildman–Crippen MR) is 58.5 cm³/mol. The van der Waals surface area contributed by atoms with E-state index in [9.17, 15) is 4.79 Å². The maximum Gasteiger partial charge on any atom is 0.227 e. The Morgan fingerprint density at radius 2 is 2.13 bits per heavy atom. The number of aliphatic hydroxyl groups excluding tert-OH is 1. The Labute approximate surface area is 89.3 Å². The number of amides is 1. The second-order valence-electron chi connectivity index (χ2n) is 3.57. The highest BCUT2D eigenvalue weighted by atomic mass is 16.3. The maximum absolute atomic E-state index is 11.8. The first-order valence-corrected chi connectivity index (χ1v) is 5.16. The molecule has 1 N–H and O–H groups in total. The van der Waals surface area contributed by atoms with Crippen LogP contribution in [0.5, 0.6) is 0 Å². The number of fused-ring (bicyclic) bond motifs is 1. The van der Waals surface area contributed by atoms with Crippen molar-refractivity contribution in [1.29, 1.82) is 0 Å². The highest BCUT2D eigenvalue weighted by Gasteiger charge is 2.20. The predicted octanol–water partition coefficient (Wildman–Crippen LogP) is 1.36. The molecule has 15 heavy (non-hydrogen) atoms. The number of carbonyl (C=O) groups excluding carboxylic acids is 1. The molecule has 1 aliphatic rings. The summed E-state index contributed by atoms with van der Waals surface area (Å²) in [6.45, 7) is 0.379. The summed E-state index contributed by atoms with van der Waals surface area (Å²) >= 11 is 0. The Hall–Kier alpha value is -1.35. The van der Waals surface area contributed by atoms with Crippen LogP contribution in [0.25, 0.3) is 0 Å². The van der Waals surface area contributed by atoms with Crippen LogP contribution >= 0.6 is 0 Å². The molecule has 79 valence electrons. The first-order chi connectivity index (χ1) is 7.33. The van der Waals surface area contributed by atoms with Crippen LogP contribution in [0.3, 0.4) is 0 Å². The summed E-state index contributed by atoms with van der Waals surface area (Å²) < 4.78 is 0. The normalized spacial score (nSPS) is 16.1. The molecule has 1 aromatic rings. The summed E-state index contributed by atoms with van der Waals surface area (Å²) in [6.07, 6.45) is 3.37. The van der Waals surface area contributed by atoms with Crippen LogP contribution in [0, 0.1) is 6.42 Å². The van der Waals surface area contributed by atoms with Crippen LogP contribution in [0.1, 0.15) is 18.4 Å². The van der Waals surface area contributed by atoms with Crippen LogP contribution < -0.4 is 4.90 Å². The highest BCUT2D eigenvalue weighted by molar-refractivity contribution is 5.95. The Bertz CT molecular complexity index is 362. The summed E-state index contributed by atoms with van der Waals surface area (Å²) in [5, 5.41) is 8.95. The molecule has 1 amide bonds. The third kappa shape index (κ3) is 2.02. The fourth-order valence-electron chi connectivity index (χ4n) is 1.87. The molecule has 3 heteroatoms. The van der Waals surface area contributed by atoms with E-state index >= 15 is 0 Å². The Balaban J connectivity index is 2.38. The van der Waals surface area contributed by atoms with Crippen LogP contribution in [-0.2, 0) is 4.79 Å². The maximum atomic E-state index is 11.8. The van der Waals surface area contributed by atoms with Crippen LogP contribution in [0.2, 0.25) is 0 Å². The molecule has 1 heterocycles. The molecular weight excluding hydrogens is 190 g/mol. The van der Waals surface area contributed by atoms with Gasteiger partial charge in [-0.05, 0) is 24.5 Å². The number of hydrogen-bond donors (Lipinski definition) is 1. The number of aliphatic hydroxyl groups is 1. The van der Waals surface area contributed by atoms with Gasteiger partial charge in [-0.2, -0.15) is 0 Å². The van der Waals surface area contributed by atoms with E-state index in [4.69, 9.17) is 5.11 Å². The van der Waals surface area contributed by atoms with Gasteiger partial charge in [-0.25, -0.2) is 0 Å². The van der Waals surface area contributed by atoms with Gasteiger partial charge in [-0.3, -0.25) is 4.79 Å². The van der Waals surface area contributed by atoms with Gasteiger partial charge in [0.15, 0.2) is 0 Å². The molecule has 2 rings (SSSR count). The smallest absolute Gasteiger partial charge is 0.227 e. The van der Waals surface area contributed by atoms with Gasteiger partial charge in [0.05, 0.1) is 6.61 Å². The summed E-state index contributed by atoms with van der Waals surface area (Å²) in [7, 11) is 0. The SMILES string of the molecule is O=C1CC[CH]c2ccccc2N1CCO.